The van der Waals surface area contributed by atoms with Gasteiger partial charge in [-0.1, -0.05) is 23.4 Å². The Morgan fingerprint density at radius 2 is 1.76 bits per heavy atom. The maximum atomic E-state index is 12.3. The van der Waals surface area contributed by atoms with Crippen molar-refractivity contribution >= 4 is 23.0 Å². The van der Waals surface area contributed by atoms with Crippen molar-refractivity contribution in [3.05, 3.63) is 112 Å². The summed E-state index contributed by atoms with van der Waals surface area (Å²) in [6.07, 6.45) is 21.0. The van der Waals surface area contributed by atoms with Crippen molar-refractivity contribution in [2.45, 2.75) is 25.6 Å². The molecule has 10 radical (unpaired) electrons. The number of methoxy groups -OCH3 is 1. The summed E-state index contributed by atoms with van der Waals surface area (Å²) in [5.74, 6) is 0.552. The van der Waals surface area contributed by atoms with Crippen LogP contribution in [0, 0.1) is 63.7 Å². The molecule has 1 aromatic carbocycles. The van der Waals surface area contributed by atoms with Crippen molar-refractivity contribution in [2.24, 2.45) is 0 Å². The van der Waals surface area contributed by atoms with Crippen LogP contribution in [0.15, 0.2) is 36.7 Å². The SMILES string of the molecule is COC(=O)[C@H](Cc1c[nH]c2ccccc12)NC(=O)OCc1cn(C[C]2[CH][CH][CH][CH]2)nn1.[CH]1[CH][CH][CH][CH]1.[Fe+2]. The fourth-order valence-electron chi connectivity index (χ4n) is 3.69. The first kappa shape index (κ1) is 28.7. The Hall–Kier alpha value is -2.84. The van der Waals surface area contributed by atoms with E-state index in [2.05, 4.69) is 20.6 Å². The van der Waals surface area contributed by atoms with E-state index < -0.39 is 18.1 Å². The third-order valence-electron chi connectivity index (χ3n) is 5.45. The van der Waals surface area contributed by atoms with Crippen LogP contribution >= 0.6 is 0 Å². The number of carbonyl (C=O) groups is 2. The molecule has 9 nitrogen and oxygen atoms in total. The van der Waals surface area contributed by atoms with Crippen molar-refractivity contribution in [2.75, 3.05) is 7.11 Å². The van der Waals surface area contributed by atoms with Gasteiger partial charge in [-0.2, -0.15) is 0 Å². The number of aromatic amines is 1. The number of nitrogens with zero attached hydrogens (tertiary/aromatic N) is 3. The van der Waals surface area contributed by atoms with Crippen molar-refractivity contribution in [3.63, 3.8) is 0 Å². The van der Waals surface area contributed by atoms with Gasteiger partial charge >= 0.3 is 29.1 Å². The molecule has 2 saturated carbocycles. The van der Waals surface area contributed by atoms with Gasteiger partial charge in [0.1, 0.15) is 18.3 Å². The molecule has 37 heavy (non-hydrogen) atoms. The van der Waals surface area contributed by atoms with Gasteiger partial charge < -0.3 is 19.8 Å². The van der Waals surface area contributed by atoms with Gasteiger partial charge in [0, 0.05) is 36.0 Å². The Morgan fingerprint density at radius 3 is 2.46 bits per heavy atom. The van der Waals surface area contributed by atoms with Crippen LogP contribution in [0.2, 0.25) is 0 Å². The standard InChI is InChI=1S/C22H22N5O4.C5H5.Fe/c1-30-21(28)20(10-16-11-23-19-9-5-4-8-18(16)19)24-22(29)31-14-17-13-27(26-25-17)12-15-6-2-3-7-15;1-2-4-5-3-1;/h2-9,11,13,20,23H,10,12,14H2,1H3,(H,24,29);1-5H;/q;;+2/t20-;;/m0../s1. The van der Waals surface area contributed by atoms with Crippen molar-refractivity contribution in [1.29, 1.82) is 0 Å². The smallest absolute Gasteiger partial charge is 0.467 e. The molecule has 1 amide bonds. The number of ether oxygens (including phenoxy) is 2. The van der Waals surface area contributed by atoms with Crippen LogP contribution in [-0.4, -0.2) is 45.2 Å². The number of aromatic nitrogens is 4. The number of esters is 1. The number of carbonyl (C=O) groups excluding carboxylic acids is 2. The summed E-state index contributed by atoms with van der Waals surface area (Å²) in [6, 6.07) is 6.85. The maximum Gasteiger partial charge on any atom is 2.00 e. The van der Waals surface area contributed by atoms with E-state index in [1.54, 1.807) is 10.9 Å². The molecule has 3 aromatic rings. The minimum atomic E-state index is -0.885. The molecule has 2 aromatic heterocycles. The topological polar surface area (TPSA) is 111 Å². The molecule has 2 fully saturated rings. The number of amides is 1. The zero-order chi connectivity index (χ0) is 25.2. The molecule has 5 rings (SSSR count). The monoisotopic (exact) mass is 541 g/mol. The molecule has 0 bridgehead atoms. The molecule has 2 heterocycles. The molecular formula is C27H27FeN5O4+2. The molecule has 2 aliphatic rings. The predicted molar refractivity (Wildman–Crippen MR) is 133 cm³/mol. The molecule has 10 heteroatoms. The first-order valence-corrected chi connectivity index (χ1v) is 11.4. The van der Waals surface area contributed by atoms with Gasteiger partial charge in [0.25, 0.3) is 0 Å². The molecule has 0 spiro atoms. The summed E-state index contributed by atoms with van der Waals surface area (Å²) >= 11 is 0. The fraction of sp³-hybridized carbons (Fsp3) is 0.185. The minimum Gasteiger partial charge on any atom is -0.467 e. The Kier molecular flexibility index (Phi) is 11.5. The third kappa shape index (κ3) is 8.61. The average Bonchev–Trinajstić information content (AvgIpc) is 3.72. The number of benzene rings is 1. The zero-order valence-electron chi connectivity index (χ0n) is 20.2. The van der Waals surface area contributed by atoms with Gasteiger partial charge in [0.15, 0.2) is 0 Å². The molecule has 1 atom stereocenters. The van der Waals surface area contributed by atoms with Gasteiger partial charge in [-0.05, 0) is 69.4 Å². The summed E-state index contributed by atoms with van der Waals surface area (Å²) < 4.78 is 11.7. The molecule has 2 aliphatic carbocycles. The molecule has 0 saturated heterocycles. The third-order valence-corrected chi connectivity index (χ3v) is 5.45. The molecule has 2 N–H and O–H groups in total. The van der Waals surface area contributed by atoms with E-state index >= 15 is 0 Å². The van der Waals surface area contributed by atoms with Crippen molar-refractivity contribution in [1.82, 2.24) is 25.3 Å². The van der Waals surface area contributed by atoms with Crippen LogP contribution in [-0.2, 0) is 50.9 Å². The Balaban J connectivity index is 0.000000568. The second-order valence-electron chi connectivity index (χ2n) is 8.02. The van der Waals surface area contributed by atoms with Gasteiger partial charge in [-0.15, -0.1) is 5.10 Å². The number of hydrogen-bond donors (Lipinski definition) is 2. The second kappa shape index (κ2) is 14.8. The number of H-pyrrole nitrogens is 1. The van der Waals surface area contributed by atoms with Gasteiger partial charge in [-0.3, -0.25) is 4.68 Å². The van der Waals surface area contributed by atoms with Crippen molar-refractivity contribution in [3.8, 4) is 0 Å². The largest absolute Gasteiger partial charge is 2.00 e. The van der Waals surface area contributed by atoms with Crippen LogP contribution in [0.3, 0.4) is 0 Å². The quantitative estimate of drug-likeness (QED) is 0.335. The summed E-state index contributed by atoms with van der Waals surface area (Å²) in [5.41, 5.74) is 2.35. The molecule has 0 aliphatic heterocycles. The Labute approximate surface area is 228 Å². The van der Waals surface area contributed by atoms with Crippen LogP contribution < -0.4 is 5.32 Å². The summed E-state index contributed by atoms with van der Waals surface area (Å²) in [4.78, 5) is 27.7. The Bertz CT molecular complexity index is 1110. The van der Waals surface area contributed by atoms with E-state index in [0.29, 0.717) is 12.2 Å². The number of fused-ring (bicyclic) bond motifs is 1. The summed E-state index contributed by atoms with van der Waals surface area (Å²) in [6.45, 7) is 0.523. The van der Waals surface area contributed by atoms with Crippen molar-refractivity contribution < 1.29 is 36.1 Å². The number of rotatable bonds is 8. The van der Waals surface area contributed by atoms with E-state index in [-0.39, 0.29) is 30.1 Å². The van der Waals surface area contributed by atoms with Crippen LogP contribution in [0.4, 0.5) is 4.79 Å². The van der Waals surface area contributed by atoms with Gasteiger partial charge in [0.05, 0.1) is 13.3 Å². The minimum absolute atomic E-state index is 0. The number of para-hydroxylation sites is 1. The normalized spacial score (nSPS) is 15.9. The average molecular weight is 541 g/mol. The predicted octanol–water partition coefficient (Wildman–Crippen LogP) is 3.19. The summed E-state index contributed by atoms with van der Waals surface area (Å²) in [5, 5.41) is 11.6. The van der Waals surface area contributed by atoms with E-state index in [1.165, 1.54) is 7.11 Å². The molecule has 190 valence electrons. The fourth-order valence-corrected chi connectivity index (χ4v) is 3.69. The number of hydrogen-bond acceptors (Lipinski definition) is 6. The maximum absolute atomic E-state index is 12.3. The summed E-state index contributed by atoms with van der Waals surface area (Å²) in [7, 11) is 1.28. The first-order chi connectivity index (χ1) is 17.6. The van der Waals surface area contributed by atoms with Gasteiger partial charge in [0.2, 0.25) is 0 Å². The van der Waals surface area contributed by atoms with Crippen LogP contribution in [0.1, 0.15) is 11.3 Å². The zero-order valence-corrected chi connectivity index (χ0v) is 21.3. The number of nitrogens with one attached hydrogen (secondary N) is 2. The van der Waals surface area contributed by atoms with E-state index in [0.717, 1.165) is 22.4 Å². The van der Waals surface area contributed by atoms with Crippen LogP contribution in [0.25, 0.3) is 10.9 Å². The molecule has 0 unspecified atom stereocenters. The van der Waals surface area contributed by atoms with Gasteiger partial charge in [-0.25, -0.2) is 9.59 Å². The second-order valence-corrected chi connectivity index (χ2v) is 8.02. The van der Waals surface area contributed by atoms with Crippen LogP contribution in [0.5, 0.6) is 0 Å². The van der Waals surface area contributed by atoms with E-state index in [9.17, 15) is 9.59 Å². The van der Waals surface area contributed by atoms with E-state index in [4.69, 9.17) is 9.47 Å². The first-order valence-electron chi connectivity index (χ1n) is 11.4. The number of alkyl carbamates (subject to hydrolysis) is 1. The molecular weight excluding hydrogens is 514 g/mol. The van der Waals surface area contributed by atoms with E-state index in [1.807, 2.05) is 88.2 Å². The Morgan fingerprint density at radius 1 is 1.05 bits per heavy atom.